The summed E-state index contributed by atoms with van der Waals surface area (Å²) in [6, 6.07) is 7.75. The van der Waals surface area contributed by atoms with E-state index in [0.29, 0.717) is 6.42 Å². The van der Waals surface area contributed by atoms with Crippen LogP contribution in [0.1, 0.15) is 18.4 Å². The fourth-order valence-electron chi connectivity index (χ4n) is 2.22. The number of aromatic nitrogens is 2. The predicted molar refractivity (Wildman–Crippen MR) is 68.9 cm³/mol. The first-order valence-electron chi connectivity index (χ1n) is 6.14. The highest BCUT2D eigenvalue weighted by molar-refractivity contribution is 5.42. The molecule has 0 radical (unpaired) electrons. The van der Waals surface area contributed by atoms with Gasteiger partial charge in [0.15, 0.2) is 0 Å². The van der Waals surface area contributed by atoms with E-state index in [-0.39, 0.29) is 5.69 Å². The predicted octanol–water partition coefficient (Wildman–Crippen LogP) is 1.24. The Labute approximate surface area is 105 Å². The first-order valence-corrected chi connectivity index (χ1v) is 6.14. The van der Waals surface area contributed by atoms with Gasteiger partial charge in [-0.05, 0) is 24.5 Å². The molecule has 4 heteroatoms. The molecular formula is C14H16N2O2. The smallest absolute Gasteiger partial charge is 0.332 e. The van der Waals surface area contributed by atoms with Gasteiger partial charge in [-0.15, -0.1) is 0 Å². The Kier molecular flexibility index (Phi) is 2.41. The van der Waals surface area contributed by atoms with E-state index in [9.17, 15) is 9.90 Å². The minimum atomic E-state index is -0.547. The minimum absolute atomic E-state index is 0.0646. The topological polar surface area (TPSA) is 47.2 Å². The van der Waals surface area contributed by atoms with Gasteiger partial charge in [0.2, 0.25) is 0 Å². The number of nitrogens with zero attached hydrogens (tertiary/aromatic N) is 2. The number of hydrogen-bond donors (Lipinski definition) is 1. The Balaban J connectivity index is 2.06. The zero-order valence-electron chi connectivity index (χ0n) is 10.3. The van der Waals surface area contributed by atoms with Crippen LogP contribution in [0.2, 0.25) is 0 Å². The van der Waals surface area contributed by atoms with Gasteiger partial charge < -0.3 is 9.67 Å². The second kappa shape index (κ2) is 3.85. The van der Waals surface area contributed by atoms with Crippen LogP contribution in [-0.2, 0) is 13.5 Å². The lowest BCUT2D eigenvalue weighted by molar-refractivity contribution is 0.151. The van der Waals surface area contributed by atoms with Crippen molar-refractivity contribution in [2.75, 3.05) is 0 Å². The van der Waals surface area contributed by atoms with Gasteiger partial charge in [0.1, 0.15) is 0 Å². The molecule has 94 valence electrons. The van der Waals surface area contributed by atoms with Gasteiger partial charge in [0.05, 0.1) is 11.3 Å². The summed E-state index contributed by atoms with van der Waals surface area (Å²) in [5, 5.41) is 10.0. The summed E-state index contributed by atoms with van der Waals surface area (Å²) in [7, 11) is 1.73. The molecule has 1 aromatic carbocycles. The van der Waals surface area contributed by atoms with E-state index in [1.807, 2.05) is 24.3 Å². The summed E-state index contributed by atoms with van der Waals surface area (Å²) in [6.45, 7) is 0. The van der Waals surface area contributed by atoms with Gasteiger partial charge in [0, 0.05) is 25.9 Å². The Morgan fingerprint density at radius 2 is 2.00 bits per heavy atom. The lowest BCUT2D eigenvalue weighted by Crippen LogP contribution is -2.22. The third kappa shape index (κ3) is 1.88. The van der Waals surface area contributed by atoms with Crippen LogP contribution in [0.3, 0.4) is 0 Å². The van der Waals surface area contributed by atoms with Crippen LogP contribution in [-0.4, -0.2) is 19.8 Å². The molecule has 1 N–H and O–H groups in total. The van der Waals surface area contributed by atoms with E-state index in [0.717, 1.165) is 24.1 Å². The lowest BCUT2D eigenvalue weighted by atomic mass is 10.0. The maximum absolute atomic E-state index is 12.0. The molecular weight excluding hydrogens is 228 g/mol. The summed E-state index contributed by atoms with van der Waals surface area (Å²) in [6.07, 6.45) is 5.82. The molecule has 3 rings (SSSR count). The Hall–Kier alpha value is -1.81. The summed E-state index contributed by atoms with van der Waals surface area (Å²) < 4.78 is 3.17. The molecule has 18 heavy (non-hydrogen) atoms. The van der Waals surface area contributed by atoms with Crippen LogP contribution in [0, 0.1) is 0 Å². The Bertz CT molecular complexity index is 635. The average molecular weight is 244 g/mol. The van der Waals surface area contributed by atoms with E-state index < -0.39 is 5.60 Å². The van der Waals surface area contributed by atoms with Crippen molar-refractivity contribution < 1.29 is 5.11 Å². The number of aliphatic hydroxyl groups is 1. The highest BCUT2D eigenvalue weighted by Gasteiger charge is 2.40. The van der Waals surface area contributed by atoms with Gasteiger partial charge in [-0.25, -0.2) is 4.79 Å². The first-order chi connectivity index (χ1) is 8.59. The van der Waals surface area contributed by atoms with Crippen LogP contribution in [0.25, 0.3) is 5.69 Å². The van der Waals surface area contributed by atoms with Crippen LogP contribution in [0.4, 0.5) is 0 Å². The minimum Gasteiger partial charge on any atom is -0.390 e. The molecule has 4 nitrogen and oxygen atoms in total. The molecule has 0 bridgehead atoms. The molecule has 2 aromatic rings. The van der Waals surface area contributed by atoms with Crippen molar-refractivity contribution in [3.8, 4) is 5.69 Å². The molecule has 0 atom stereocenters. The van der Waals surface area contributed by atoms with Crippen molar-refractivity contribution >= 4 is 0 Å². The van der Waals surface area contributed by atoms with Gasteiger partial charge in [-0.2, -0.15) is 0 Å². The number of para-hydroxylation sites is 1. The molecule has 1 aliphatic carbocycles. The van der Waals surface area contributed by atoms with E-state index >= 15 is 0 Å². The molecule has 1 saturated carbocycles. The van der Waals surface area contributed by atoms with E-state index in [1.54, 1.807) is 28.6 Å². The normalized spacial score (nSPS) is 16.8. The SMILES string of the molecule is Cn1ccn(-c2ccccc2CC2(O)CC2)c1=O. The fourth-order valence-corrected chi connectivity index (χ4v) is 2.22. The Morgan fingerprint density at radius 3 is 2.61 bits per heavy atom. The quantitative estimate of drug-likeness (QED) is 0.883. The Morgan fingerprint density at radius 1 is 1.28 bits per heavy atom. The average Bonchev–Trinajstić information content (AvgIpc) is 2.99. The second-order valence-electron chi connectivity index (χ2n) is 5.09. The van der Waals surface area contributed by atoms with Crippen LogP contribution in [0.15, 0.2) is 41.5 Å². The second-order valence-corrected chi connectivity index (χ2v) is 5.09. The molecule has 1 heterocycles. The van der Waals surface area contributed by atoms with Crippen molar-refractivity contribution in [3.63, 3.8) is 0 Å². The summed E-state index contributed by atoms with van der Waals surface area (Å²) in [5.74, 6) is 0. The highest BCUT2D eigenvalue weighted by atomic mass is 16.3. The third-order valence-electron chi connectivity index (χ3n) is 3.54. The molecule has 0 spiro atoms. The third-order valence-corrected chi connectivity index (χ3v) is 3.54. The highest BCUT2D eigenvalue weighted by Crippen LogP contribution is 2.39. The van der Waals surface area contributed by atoms with E-state index in [2.05, 4.69) is 0 Å². The summed E-state index contributed by atoms with van der Waals surface area (Å²) >= 11 is 0. The fraction of sp³-hybridized carbons (Fsp3) is 0.357. The van der Waals surface area contributed by atoms with Gasteiger partial charge in [-0.1, -0.05) is 18.2 Å². The summed E-state index contributed by atoms with van der Waals surface area (Å²) in [4.78, 5) is 12.0. The van der Waals surface area contributed by atoms with Crippen molar-refractivity contribution in [2.24, 2.45) is 7.05 Å². The standard InChI is InChI=1S/C14H16N2O2/c1-15-8-9-16(13(15)17)12-5-3-2-4-11(12)10-14(18)6-7-14/h2-5,8-9,18H,6-7,10H2,1H3. The van der Waals surface area contributed by atoms with Crippen LogP contribution in [0.5, 0.6) is 0 Å². The number of hydrogen-bond acceptors (Lipinski definition) is 2. The van der Waals surface area contributed by atoms with E-state index in [1.165, 1.54) is 0 Å². The van der Waals surface area contributed by atoms with Gasteiger partial charge >= 0.3 is 5.69 Å². The maximum Gasteiger partial charge on any atom is 0.332 e. The molecule has 0 aliphatic heterocycles. The molecule has 1 aliphatic rings. The zero-order valence-corrected chi connectivity index (χ0v) is 10.3. The molecule has 1 fully saturated rings. The van der Waals surface area contributed by atoms with Crippen molar-refractivity contribution in [3.05, 3.63) is 52.7 Å². The molecule has 0 unspecified atom stereocenters. The monoisotopic (exact) mass is 244 g/mol. The first kappa shape index (κ1) is 11.3. The van der Waals surface area contributed by atoms with Gasteiger partial charge in [0.25, 0.3) is 0 Å². The zero-order chi connectivity index (χ0) is 12.8. The number of benzene rings is 1. The number of imidazole rings is 1. The van der Waals surface area contributed by atoms with Crippen molar-refractivity contribution in [1.29, 1.82) is 0 Å². The maximum atomic E-state index is 12.0. The lowest BCUT2D eigenvalue weighted by Gasteiger charge is -2.12. The van der Waals surface area contributed by atoms with E-state index in [4.69, 9.17) is 0 Å². The van der Waals surface area contributed by atoms with Crippen molar-refractivity contribution in [2.45, 2.75) is 24.9 Å². The van der Waals surface area contributed by atoms with Crippen LogP contribution >= 0.6 is 0 Å². The molecule has 0 saturated heterocycles. The number of rotatable bonds is 3. The number of aryl methyl sites for hydroxylation is 1. The summed E-state index contributed by atoms with van der Waals surface area (Å²) in [5.41, 5.74) is 1.27. The molecule has 1 aromatic heterocycles. The van der Waals surface area contributed by atoms with Crippen molar-refractivity contribution in [1.82, 2.24) is 9.13 Å². The van der Waals surface area contributed by atoms with Crippen LogP contribution < -0.4 is 5.69 Å². The molecule has 0 amide bonds. The largest absolute Gasteiger partial charge is 0.390 e. The van der Waals surface area contributed by atoms with Gasteiger partial charge in [-0.3, -0.25) is 4.57 Å².